The van der Waals surface area contributed by atoms with E-state index in [4.69, 9.17) is 10.5 Å². The highest BCUT2D eigenvalue weighted by atomic mass is 16.5. The van der Waals surface area contributed by atoms with Gasteiger partial charge < -0.3 is 15.8 Å². The van der Waals surface area contributed by atoms with E-state index < -0.39 is 0 Å². The summed E-state index contributed by atoms with van der Waals surface area (Å²) in [6, 6.07) is 7.77. The molecule has 0 heterocycles. The van der Waals surface area contributed by atoms with Gasteiger partial charge in [0.25, 0.3) is 0 Å². The summed E-state index contributed by atoms with van der Waals surface area (Å²) in [6.45, 7) is 1.05. The first-order valence-corrected chi connectivity index (χ1v) is 5.38. The van der Waals surface area contributed by atoms with Crippen LogP contribution in [-0.4, -0.2) is 26.1 Å². The SMILES string of the molecule is CNC(=O)CCOc1ccc(CCN)cc1. The van der Waals surface area contributed by atoms with Crippen LogP contribution >= 0.6 is 0 Å². The topological polar surface area (TPSA) is 64.3 Å². The second-order valence-electron chi connectivity index (χ2n) is 3.45. The molecule has 1 rings (SSSR count). The third-order valence-corrected chi connectivity index (χ3v) is 2.23. The molecular formula is C12H18N2O2. The lowest BCUT2D eigenvalue weighted by atomic mass is 10.1. The minimum absolute atomic E-state index is 0.0141. The number of benzene rings is 1. The highest BCUT2D eigenvalue weighted by Gasteiger charge is 1.99. The Morgan fingerprint density at radius 1 is 1.38 bits per heavy atom. The van der Waals surface area contributed by atoms with Crippen molar-refractivity contribution in [3.8, 4) is 5.75 Å². The maximum absolute atomic E-state index is 10.9. The van der Waals surface area contributed by atoms with E-state index in [0.29, 0.717) is 19.6 Å². The van der Waals surface area contributed by atoms with Gasteiger partial charge in [0.05, 0.1) is 13.0 Å². The first kappa shape index (κ1) is 12.5. The van der Waals surface area contributed by atoms with E-state index in [-0.39, 0.29) is 5.91 Å². The van der Waals surface area contributed by atoms with Gasteiger partial charge in [-0.1, -0.05) is 12.1 Å². The number of carbonyl (C=O) groups excluding carboxylic acids is 1. The summed E-state index contributed by atoms with van der Waals surface area (Å²) in [7, 11) is 1.62. The Bertz CT molecular complexity index is 322. The van der Waals surface area contributed by atoms with E-state index in [2.05, 4.69) is 5.32 Å². The van der Waals surface area contributed by atoms with Gasteiger partial charge in [0, 0.05) is 7.05 Å². The molecule has 4 nitrogen and oxygen atoms in total. The molecule has 16 heavy (non-hydrogen) atoms. The number of nitrogens with two attached hydrogens (primary N) is 1. The minimum atomic E-state index is -0.0141. The highest BCUT2D eigenvalue weighted by molar-refractivity contribution is 5.75. The zero-order valence-corrected chi connectivity index (χ0v) is 9.53. The van der Waals surface area contributed by atoms with Gasteiger partial charge in [-0.15, -0.1) is 0 Å². The van der Waals surface area contributed by atoms with Crippen LogP contribution in [0.3, 0.4) is 0 Å². The van der Waals surface area contributed by atoms with Crippen LogP contribution in [0.15, 0.2) is 24.3 Å². The first-order valence-electron chi connectivity index (χ1n) is 5.38. The summed E-state index contributed by atoms with van der Waals surface area (Å²) in [5, 5.41) is 2.54. The number of carbonyl (C=O) groups is 1. The summed E-state index contributed by atoms with van der Waals surface area (Å²) < 4.78 is 5.42. The van der Waals surface area contributed by atoms with Gasteiger partial charge in [-0.3, -0.25) is 4.79 Å². The molecule has 0 aliphatic rings. The lowest BCUT2D eigenvalue weighted by molar-refractivity contribution is -0.121. The highest BCUT2D eigenvalue weighted by Crippen LogP contribution is 2.12. The molecule has 1 aromatic rings. The van der Waals surface area contributed by atoms with E-state index >= 15 is 0 Å². The van der Waals surface area contributed by atoms with Crippen molar-refractivity contribution in [2.45, 2.75) is 12.8 Å². The monoisotopic (exact) mass is 222 g/mol. The lowest BCUT2D eigenvalue weighted by Gasteiger charge is -2.06. The summed E-state index contributed by atoms with van der Waals surface area (Å²) in [5.41, 5.74) is 6.65. The van der Waals surface area contributed by atoms with Crippen LogP contribution in [0.4, 0.5) is 0 Å². The van der Waals surface area contributed by atoms with E-state index in [1.54, 1.807) is 7.05 Å². The third kappa shape index (κ3) is 4.31. The molecule has 0 saturated carbocycles. The van der Waals surface area contributed by atoms with E-state index in [1.165, 1.54) is 5.56 Å². The largest absolute Gasteiger partial charge is 0.493 e. The molecule has 0 bridgehead atoms. The van der Waals surface area contributed by atoms with Crippen molar-refractivity contribution in [2.75, 3.05) is 20.2 Å². The van der Waals surface area contributed by atoms with Crippen LogP contribution in [-0.2, 0) is 11.2 Å². The van der Waals surface area contributed by atoms with E-state index in [9.17, 15) is 4.79 Å². The van der Waals surface area contributed by atoms with Crippen LogP contribution < -0.4 is 15.8 Å². The fourth-order valence-electron chi connectivity index (χ4n) is 1.31. The smallest absolute Gasteiger partial charge is 0.223 e. The van der Waals surface area contributed by atoms with Gasteiger partial charge >= 0.3 is 0 Å². The summed E-state index contributed by atoms with van der Waals surface area (Å²) >= 11 is 0. The van der Waals surface area contributed by atoms with Crippen LogP contribution in [0.25, 0.3) is 0 Å². The molecule has 0 atom stereocenters. The second kappa shape index (κ2) is 6.85. The first-order chi connectivity index (χ1) is 7.76. The molecule has 4 heteroatoms. The average molecular weight is 222 g/mol. The average Bonchev–Trinajstić information content (AvgIpc) is 2.31. The summed E-state index contributed by atoms with van der Waals surface area (Å²) in [4.78, 5) is 10.9. The number of hydrogen-bond donors (Lipinski definition) is 2. The van der Waals surface area contributed by atoms with Crippen LogP contribution in [0.5, 0.6) is 5.75 Å². The Morgan fingerprint density at radius 3 is 2.62 bits per heavy atom. The Hall–Kier alpha value is -1.55. The Kier molecular flexibility index (Phi) is 5.36. The Morgan fingerprint density at radius 2 is 2.06 bits per heavy atom. The van der Waals surface area contributed by atoms with Gasteiger partial charge in [-0.25, -0.2) is 0 Å². The zero-order valence-electron chi connectivity index (χ0n) is 9.53. The number of hydrogen-bond acceptors (Lipinski definition) is 3. The quantitative estimate of drug-likeness (QED) is 0.744. The normalized spacial score (nSPS) is 9.88. The molecule has 0 unspecified atom stereocenters. The molecule has 3 N–H and O–H groups in total. The number of ether oxygens (including phenoxy) is 1. The molecule has 88 valence electrons. The van der Waals surface area contributed by atoms with Crippen molar-refractivity contribution in [1.29, 1.82) is 0 Å². The minimum Gasteiger partial charge on any atom is -0.493 e. The Balaban J connectivity index is 2.34. The standard InChI is InChI=1S/C12H18N2O2/c1-14-12(15)7-9-16-11-4-2-10(3-5-11)6-8-13/h2-5H,6-9,13H2,1H3,(H,14,15). The van der Waals surface area contributed by atoms with Gasteiger partial charge in [0.1, 0.15) is 5.75 Å². The number of nitrogens with one attached hydrogen (secondary N) is 1. The van der Waals surface area contributed by atoms with Crippen LogP contribution in [0.2, 0.25) is 0 Å². The molecule has 1 amide bonds. The van der Waals surface area contributed by atoms with E-state index in [1.807, 2.05) is 24.3 Å². The van der Waals surface area contributed by atoms with Gasteiger partial charge in [-0.2, -0.15) is 0 Å². The van der Waals surface area contributed by atoms with Gasteiger partial charge in [-0.05, 0) is 30.7 Å². The predicted molar refractivity (Wildman–Crippen MR) is 63.4 cm³/mol. The zero-order chi connectivity index (χ0) is 11.8. The molecule has 0 radical (unpaired) electrons. The maximum atomic E-state index is 10.9. The molecule has 0 fully saturated rings. The number of rotatable bonds is 6. The fraction of sp³-hybridized carbons (Fsp3) is 0.417. The Labute approximate surface area is 95.8 Å². The van der Waals surface area contributed by atoms with Crippen LogP contribution in [0, 0.1) is 0 Å². The van der Waals surface area contributed by atoms with Crippen molar-refractivity contribution in [3.63, 3.8) is 0 Å². The van der Waals surface area contributed by atoms with Crippen molar-refractivity contribution in [2.24, 2.45) is 5.73 Å². The molecular weight excluding hydrogens is 204 g/mol. The third-order valence-electron chi connectivity index (χ3n) is 2.23. The summed E-state index contributed by atoms with van der Waals surface area (Å²) in [5.74, 6) is 0.768. The van der Waals surface area contributed by atoms with Crippen LogP contribution in [0.1, 0.15) is 12.0 Å². The molecule has 0 saturated heterocycles. The molecule has 1 aromatic carbocycles. The van der Waals surface area contributed by atoms with Gasteiger partial charge in [0.15, 0.2) is 0 Å². The second-order valence-corrected chi connectivity index (χ2v) is 3.45. The molecule has 0 aliphatic carbocycles. The van der Waals surface area contributed by atoms with Crippen molar-refractivity contribution < 1.29 is 9.53 Å². The number of amides is 1. The molecule has 0 aliphatic heterocycles. The summed E-state index contributed by atoms with van der Waals surface area (Å²) in [6.07, 6.45) is 1.25. The van der Waals surface area contributed by atoms with Gasteiger partial charge in [0.2, 0.25) is 5.91 Å². The molecule has 0 spiro atoms. The molecule has 0 aromatic heterocycles. The fourth-order valence-corrected chi connectivity index (χ4v) is 1.31. The van der Waals surface area contributed by atoms with Crippen molar-refractivity contribution >= 4 is 5.91 Å². The van der Waals surface area contributed by atoms with Crippen molar-refractivity contribution in [1.82, 2.24) is 5.32 Å². The van der Waals surface area contributed by atoms with E-state index in [0.717, 1.165) is 12.2 Å². The lowest BCUT2D eigenvalue weighted by Crippen LogP contribution is -2.20. The van der Waals surface area contributed by atoms with Crippen molar-refractivity contribution in [3.05, 3.63) is 29.8 Å². The predicted octanol–water partition coefficient (Wildman–Crippen LogP) is 0.703. The maximum Gasteiger partial charge on any atom is 0.223 e.